The van der Waals surface area contributed by atoms with Crippen LogP contribution in [0.5, 0.6) is 0 Å². The van der Waals surface area contributed by atoms with Crippen LogP contribution in [0, 0.1) is 5.92 Å². The molecule has 0 radical (unpaired) electrons. The molecule has 0 spiro atoms. The summed E-state index contributed by atoms with van der Waals surface area (Å²) in [6.45, 7) is 3.31. The molecule has 1 aliphatic heterocycles. The molecular weight excluding hydrogens is 214 g/mol. The van der Waals surface area contributed by atoms with Gasteiger partial charge in [0, 0.05) is 6.04 Å². The SMILES string of the molecule is CC(C)C(N)C1OC(CO)C(O)C(O)C1O. The molecule has 6 N–H and O–H groups in total. The molecule has 1 rings (SSSR count). The molecule has 16 heavy (non-hydrogen) atoms. The van der Waals surface area contributed by atoms with E-state index in [1.165, 1.54) is 0 Å². The van der Waals surface area contributed by atoms with Crippen LogP contribution in [-0.4, -0.2) is 63.6 Å². The maximum atomic E-state index is 9.74. The average Bonchev–Trinajstić information content (AvgIpc) is 2.25. The molecule has 0 aromatic heterocycles. The lowest BCUT2D eigenvalue weighted by molar-refractivity contribution is -0.235. The van der Waals surface area contributed by atoms with Crippen LogP contribution in [0.1, 0.15) is 13.8 Å². The van der Waals surface area contributed by atoms with Crippen LogP contribution in [0.15, 0.2) is 0 Å². The van der Waals surface area contributed by atoms with Crippen LogP contribution in [0.4, 0.5) is 0 Å². The maximum Gasteiger partial charge on any atom is 0.111 e. The predicted molar refractivity (Wildman–Crippen MR) is 56.6 cm³/mol. The standard InChI is InChI=1S/C10H21NO5/c1-4(2)6(11)10-9(15)8(14)7(13)5(3-12)16-10/h4-10,12-15H,3,11H2,1-2H3. The molecule has 0 aliphatic carbocycles. The van der Waals surface area contributed by atoms with Gasteiger partial charge in [-0.2, -0.15) is 0 Å². The van der Waals surface area contributed by atoms with E-state index in [9.17, 15) is 15.3 Å². The molecule has 1 heterocycles. The number of nitrogens with two attached hydrogens (primary N) is 1. The van der Waals surface area contributed by atoms with Gasteiger partial charge in [-0.1, -0.05) is 13.8 Å². The summed E-state index contributed by atoms with van der Waals surface area (Å²) in [7, 11) is 0. The zero-order valence-electron chi connectivity index (χ0n) is 9.52. The first-order valence-corrected chi connectivity index (χ1v) is 5.46. The van der Waals surface area contributed by atoms with Gasteiger partial charge < -0.3 is 30.9 Å². The fraction of sp³-hybridized carbons (Fsp3) is 1.00. The Morgan fingerprint density at radius 1 is 1.12 bits per heavy atom. The Balaban J connectivity index is 2.78. The molecule has 6 atom stereocenters. The second-order valence-electron chi connectivity index (χ2n) is 4.61. The van der Waals surface area contributed by atoms with Crippen molar-refractivity contribution in [1.82, 2.24) is 0 Å². The lowest BCUT2D eigenvalue weighted by atomic mass is 9.87. The van der Waals surface area contributed by atoms with Crippen LogP contribution < -0.4 is 5.73 Å². The highest BCUT2D eigenvalue weighted by Crippen LogP contribution is 2.24. The molecule has 0 amide bonds. The Bertz CT molecular complexity index is 223. The molecule has 6 nitrogen and oxygen atoms in total. The normalized spacial score (nSPS) is 42.4. The van der Waals surface area contributed by atoms with Crippen LogP contribution >= 0.6 is 0 Å². The Morgan fingerprint density at radius 3 is 2.12 bits per heavy atom. The van der Waals surface area contributed by atoms with Crippen molar-refractivity contribution in [3.8, 4) is 0 Å². The first kappa shape index (κ1) is 13.8. The highest BCUT2D eigenvalue weighted by molar-refractivity contribution is 4.96. The van der Waals surface area contributed by atoms with Crippen molar-refractivity contribution >= 4 is 0 Å². The summed E-state index contributed by atoms with van der Waals surface area (Å²) in [5.74, 6) is 0.0569. The third-order valence-electron chi connectivity index (χ3n) is 3.08. The van der Waals surface area contributed by atoms with Gasteiger partial charge in [0.15, 0.2) is 0 Å². The predicted octanol–water partition coefficient (Wildman–Crippen LogP) is -2.19. The van der Waals surface area contributed by atoms with Crippen molar-refractivity contribution in [2.24, 2.45) is 11.7 Å². The Kier molecular flexibility index (Phi) is 4.66. The van der Waals surface area contributed by atoms with E-state index in [2.05, 4.69) is 0 Å². The Labute approximate surface area is 94.6 Å². The van der Waals surface area contributed by atoms with Gasteiger partial charge in [-0.3, -0.25) is 0 Å². The highest BCUT2D eigenvalue weighted by Gasteiger charge is 2.45. The molecule has 6 heteroatoms. The van der Waals surface area contributed by atoms with Crippen molar-refractivity contribution in [3.63, 3.8) is 0 Å². The maximum absolute atomic E-state index is 9.74. The second-order valence-corrected chi connectivity index (χ2v) is 4.61. The number of rotatable bonds is 3. The summed E-state index contributed by atoms with van der Waals surface area (Å²) >= 11 is 0. The van der Waals surface area contributed by atoms with Gasteiger partial charge in [0.1, 0.15) is 30.5 Å². The Morgan fingerprint density at radius 2 is 1.69 bits per heavy atom. The van der Waals surface area contributed by atoms with Gasteiger partial charge in [-0.05, 0) is 5.92 Å². The van der Waals surface area contributed by atoms with E-state index in [0.717, 1.165) is 0 Å². The molecule has 1 saturated heterocycles. The minimum Gasteiger partial charge on any atom is -0.394 e. The lowest BCUT2D eigenvalue weighted by Gasteiger charge is -2.43. The van der Waals surface area contributed by atoms with Crippen molar-refractivity contribution < 1.29 is 25.2 Å². The largest absolute Gasteiger partial charge is 0.394 e. The molecule has 0 saturated carbocycles. The molecule has 96 valence electrons. The molecule has 0 aromatic carbocycles. The van der Waals surface area contributed by atoms with Gasteiger partial charge in [-0.25, -0.2) is 0 Å². The van der Waals surface area contributed by atoms with Gasteiger partial charge in [-0.15, -0.1) is 0 Å². The first-order valence-electron chi connectivity index (χ1n) is 5.46. The monoisotopic (exact) mass is 235 g/mol. The number of hydrogen-bond acceptors (Lipinski definition) is 6. The van der Waals surface area contributed by atoms with Gasteiger partial charge >= 0.3 is 0 Å². The smallest absolute Gasteiger partial charge is 0.111 e. The lowest BCUT2D eigenvalue weighted by Crippen LogP contribution is -2.63. The van der Waals surface area contributed by atoms with E-state index in [1.54, 1.807) is 0 Å². The fourth-order valence-corrected chi connectivity index (χ4v) is 1.83. The highest BCUT2D eigenvalue weighted by atomic mass is 16.5. The molecular formula is C10H21NO5. The van der Waals surface area contributed by atoms with Crippen molar-refractivity contribution in [1.29, 1.82) is 0 Å². The van der Waals surface area contributed by atoms with Crippen LogP contribution in [0.2, 0.25) is 0 Å². The Hall–Kier alpha value is -0.240. The average molecular weight is 235 g/mol. The molecule has 1 aliphatic rings. The first-order chi connectivity index (χ1) is 7.40. The van der Waals surface area contributed by atoms with Crippen molar-refractivity contribution in [3.05, 3.63) is 0 Å². The van der Waals surface area contributed by atoms with E-state index in [0.29, 0.717) is 0 Å². The minimum absolute atomic E-state index is 0.0569. The number of aliphatic hydroxyl groups is 4. The van der Waals surface area contributed by atoms with E-state index < -0.39 is 43.2 Å². The summed E-state index contributed by atoms with van der Waals surface area (Å²) in [6.07, 6.45) is -5.57. The summed E-state index contributed by atoms with van der Waals surface area (Å²) in [4.78, 5) is 0. The summed E-state index contributed by atoms with van der Waals surface area (Å²) in [5, 5.41) is 37.8. The molecule has 6 unspecified atom stereocenters. The molecule has 1 fully saturated rings. The zero-order chi connectivity index (χ0) is 12.5. The third-order valence-corrected chi connectivity index (χ3v) is 3.08. The minimum atomic E-state index is -1.35. The number of hydrogen-bond donors (Lipinski definition) is 5. The van der Waals surface area contributed by atoms with E-state index in [1.807, 2.05) is 13.8 Å². The quantitative estimate of drug-likeness (QED) is 0.379. The summed E-state index contributed by atoms with van der Waals surface area (Å²) in [6, 6.07) is -0.466. The number of aliphatic hydroxyl groups excluding tert-OH is 4. The van der Waals surface area contributed by atoms with Crippen LogP contribution in [0.3, 0.4) is 0 Å². The van der Waals surface area contributed by atoms with E-state index >= 15 is 0 Å². The second kappa shape index (κ2) is 5.39. The molecule has 0 bridgehead atoms. The fourth-order valence-electron chi connectivity index (χ4n) is 1.83. The van der Waals surface area contributed by atoms with Gasteiger partial charge in [0.2, 0.25) is 0 Å². The molecule has 0 aromatic rings. The summed E-state index contributed by atoms with van der Waals surface area (Å²) in [5.41, 5.74) is 5.85. The zero-order valence-corrected chi connectivity index (χ0v) is 9.52. The third kappa shape index (κ3) is 2.53. The van der Waals surface area contributed by atoms with Crippen LogP contribution in [0.25, 0.3) is 0 Å². The van der Waals surface area contributed by atoms with E-state index in [4.69, 9.17) is 15.6 Å². The van der Waals surface area contributed by atoms with Crippen molar-refractivity contribution in [2.45, 2.75) is 50.4 Å². The van der Waals surface area contributed by atoms with Gasteiger partial charge in [0.05, 0.1) is 6.61 Å². The topological polar surface area (TPSA) is 116 Å². The number of ether oxygens (including phenoxy) is 1. The summed E-state index contributed by atoms with van der Waals surface area (Å²) < 4.78 is 5.32. The van der Waals surface area contributed by atoms with Crippen molar-refractivity contribution in [2.75, 3.05) is 6.61 Å². The van der Waals surface area contributed by atoms with E-state index in [-0.39, 0.29) is 5.92 Å². The van der Waals surface area contributed by atoms with Gasteiger partial charge in [0.25, 0.3) is 0 Å². The van der Waals surface area contributed by atoms with Crippen LogP contribution in [-0.2, 0) is 4.74 Å².